The molecule has 2 atom stereocenters. The molecule has 0 radical (unpaired) electrons. The van der Waals surface area contributed by atoms with Crippen molar-refractivity contribution in [1.82, 2.24) is 0 Å². The molecule has 2 aromatic rings. The van der Waals surface area contributed by atoms with Crippen molar-refractivity contribution in [3.05, 3.63) is 71.8 Å². The molecule has 0 bridgehead atoms. The Morgan fingerprint density at radius 3 is 2.18 bits per heavy atom. The summed E-state index contributed by atoms with van der Waals surface area (Å²) < 4.78 is 0. The SMILES string of the molecule is N[C@@]1(Cc2ccccc2)C[C@H]1c1ccccc1. The molecule has 2 N–H and O–H groups in total. The van der Waals surface area contributed by atoms with Gasteiger partial charge in [-0.05, 0) is 24.0 Å². The second-order valence-electron chi connectivity index (χ2n) is 5.06. The van der Waals surface area contributed by atoms with Crippen LogP contribution in [0.3, 0.4) is 0 Å². The van der Waals surface area contributed by atoms with Gasteiger partial charge in [0.1, 0.15) is 0 Å². The van der Waals surface area contributed by atoms with Crippen LogP contribution in [0.25, 0.3) is 0 Å². The lowest BCUT2D eigenvalue weighted by Crippen LogP contribution is -2.27. The Labute approximate surface area is 102 Å². The largest absolute Gasteiger partial charge is 0.324 e. The topological polar surface area (TPSA) is 26.0 Å². The quantitative estimate of drug-likeness (QED) is 0.850. The van der Waals surface area contributed by atoms with Crippen LogP contribution in [0.15, 0.2) is 60.7 Å². The van der Waals surface area contributed by atoms with Gasteiger partial charge in [0.15, 0.2) is 0 Å². The molecule has 0 saturated heterocycles. The molecule has 0 spiro atoms. The van der Waals surface area contributed by atoms with Crippen molar-refractivity contribution in [2.24, 2.45) is 5.73 Å². The van der Waals surface area contributed by atoms with Crippen LogP contribution in [0.4, 0.5) is 0 Å². The average Bonchev–Trinajstić information content (AvgIpc) is 3.03. The zero-order chi connectivity index (χ0) is 11.7. The van der Waals surface area contributed by atoms with E-state index < -0.39 is 0 Å². The van der Waals surface area contributed by atoms with Crippen molar-refractivity contribution in [2.75, 3.05) is 0 Å². The number of nitrogens with two attached hydrogens (primary N) is 1. The van der Waals surface area contributed by atoms with E-state index in [0.29, 0.717) is 5.92 Å². The first-order valence-corrected chi connectivity index (χ1v) is 6.16. The monoisotopic (exact) mass is 223 g/mol. The van der Waals surface area contributed by atoms with E-state index in [4.69, 9.17) is 5.73 Å². The molecule has 17 heavy (non-hydrogen) atoms. The van der Waals surface area contributed by atoms with Crippen molar-refractivity contribution in [3.63, 3.8) is 0 Å². The normalized spacial score (nSPS) is 26.8. The maximum absolute atomic E-state index is 6.45. The summed E-state index contributed by atoms with van der Waals surface area (Å²) >= 11 is 0. The molecule has 3 rings (SSSR count). The average molecular weight is 223 g/mol. The zero-order valence-corrected chi connectivity index (χ0v) is 9.84. The highest BCUT2D eigenvalue weighted by Crippen LogP contribution is 2.51. The Morgan fingerprint density at radius 2 is 1.53 bits per heavy atom. The zero-order valence-electron chi connectivity index (χ0n) is 9.84. The minimum atomic E-state index is -0.0251. The maximum atomic E-state index is 6.45. The second-order valence-corrected chi connectivity index (χ2v) is 5.06. The highest BCUT2D eigenvalue weighted by molar-refractivity contribution is 5.35. The van der Waals surface area contributed by atoms with Crippen LogP contribution in [-0.2, 0) is 6.42 Å². The van der Waals surface area contributed by atoms with Gasteiger partial charge in [-0.3, -0.25) is 0 Å². The van der Waals surface area contributed by atoms with Crippen LogP contribution in [0, 0.1) is 0 Å². The molecule has 1 aliphatic carbocycles. The van der Waals surface area contributed by atoms with E-state index in [1.54, 1.807) is 0 Å². The smallest absolute Gasteiger partial charge is 0.0271 e. The fourth-order valence-electron chi connectivity index (χ4n) is 2.63. The fraction of sp³-hybridized carbons (Fsp3) is 0.250. The summed E-state index contributed by atoms with van der Waals surface area (Å²) in [5, 5.41) is 0. The predicted molar refractivity (Wildman–Crippen MR) is 70.9 cm³/mol. The van der Waals surface area contributed by atoms with Crippen molar-refractivity contribution < 1.29 is 0 Å². The van der Waals surface area contributed by atoms with Gasteiger partial charge in [0.25, 0.3) is 0 Å². The molecule has 1 aliphatic rings. The fourth-order valence-corrected chi connectivity index (χ4v) is 2.63. The Hall–Kier alpha value is -1.60. The number of hydrogen-bond donors (Lipinski definition) is 1. The molecule has 1 fully saturated rings. The summed E-state index contributed by atoms with van der Waals surface area (Å²) in [6, 6.07) is 21.2. The maximum Gasteiger partial charge on any atom is 0.0271 e. The number of benzene rings is 2. The van der Waals surface area contributed by atoms with Gasteiger partial charge in [0.05, 0.1) is 0 Å². The third-order valence-electron chi connectivity index (χ3n) is 3.70. The molecule has 0 amide bonds. The van der Waals surface area contributed by atoms with Crippen molar-refractivity contribution in [2.45, 2.75) is 24.3 Å². The summed E-state index contributed by atoms with van der Waals surface area (Å²) in [6.07, 6.45) is 2.08. The third-order valence-corrected chi connectivity index (χ3v) is 3.70. The first-order chi connectivity index (χ1) is 8.28. The molecular formula is C16H17N. The highest BCUT2D eigenvalue weighted by Gasteiger charge is 2.51. The molecule has 1 heteroatoms. The van der Waals surface area contributed by atoms with Gasteiger partial charge in [-0.1, -0.05) is 60.7 Å². The van der Waals surface area contributed by atoms with Crippen LogP contribution in [-0.4, -0.2) is 5.54 Å². The molecule has 1 saturated carbocycles. The Kier molecular flexibility index (Phi) is 2.49. The first kappa shape index (κ1) is 10.5. The van der Waals surface area contributed by atoms with Crippen molar-refractivity contribution in [1.29, 1.82) is 0 Å². The Morgan fingerprint density at radius 1 is 0.941 bits per heavy atom. The van der Waals surface area contributed by atoms with E-state index in [2.05, 4.69) is 54.6 Å². The summed E-state index contributed by atoms with van der Waals surface area (Å²) in [7, 11) is 0. The van der Waals surface area contributed by atoms with E-state index in [9.17, 15) is 0 Å². The minimum Gasteiger partial charge on any atom is -0.324 e. The van der Waals surface area contributed by atoms with Gasteiger partial charge in [0, 0.05) is 11.5 Å². The van der Waals surface area contributed by atoms with Crippen LogP contribution >= 0.6 is 0 Å². The summed E-state index contributed by atoms with van der Waals surface area (Å²) in [5.74, 6) is 0.531. The molecule has 0 unspecified atom stereocenters. The molecule has 1 nitrogen and oxygen atoms in total. The summed E-state index contributed by atoms with van der Waals surface area (Å²) in [4.78, 5) is 0. The first-order valence-electron chi connectivity index (χ1n) is 6.16. The summed E-state index contributed by atoms with van der Waals surface area (Å²) in [6.45, 7) is 0. The van der Waals surface area contributed by atoms with Gasteiger partial charge >= 0.3 is 0 Å². The molecule has 0 aliphatic heterocycles. The Balaban J connectivity index is 1.74. The van der Waals surface area contributed by atoms with E-state index in [1.807, 2.05) is 6.07 Å². The van der Waals surface area contributed by atoms with Gasteiger partial charge < -0.3 is 5.73 Å². The van der Waals surface area contributed by atoms with E-state index in [-0.39, 0.29) is 5.54 Å². The Bertz CT molecular complexity index is 491. The van der Waals surface area contributed by atoms with Gasteiger partial charge in [-0.15, -0.1) is 0 Å². The second kappa shape index (κ2) is 4.01. The van der Waals surface area contributed by atoms with E-state index >= 15 is 0 Å². The van der Waals surface area contributed by atoms with E-state index in [1.165, 1.54) is 11.1 Å². The molecule has 0 aromatic heterocycles. The van der Waals surface area contributed by atoms with Gasteiger partial charge in [0.2, 0.25) is 0 Å². The number of rotatable bonds is 3. The molecule has 86 valence electrons. The lowest BCUT2D eigenvalue weighted by molar-refractivity contribution is 0.646. The third kappa shape index (κ3) is 2.11. The lowest BCUT2D eigenvalue weighted by atomic mass is 10.00. The minimum absolute atomic E-state index is 0.0251. The highest BCUT2D eigenvalue weighted by atomic mass is 14.9. The molecule has 2 aromatic carbocycles. The lowest BCUT2D eigenvalue weighted by Gasteiger charge is -2.11. The predicted octanol–water partition coefficient (Wildman–Crippen LogP) is 3.11. The van der Waals surface area contributed by atoms with Crippen LogP contribution < -0.4 is 5.73 Å². The van der Waals surface area contributed by atoms with E-state index in [0.717, 1.165) is 12.8 Å². The van der Waals surface area contributed by atoms with Crippen molar-refractivity contribution in [3.8, 4) is 0 Å². The summed E-state index contributed by atoms with van der Waals surface area (Å²) in [5.41, 5.74) is 9.15. The number of hydrogen-bond acceptors (Lipinski definition) is 1. The van der Waals surface area contributed by atoms with Crippen LogP contribution in [0.2, 0.25) is 0 Å². The molecular weight excluding hydrogens is 206 g/mol. The van der Waals surface area contributed by atoms with Crippen LogP contribution in [0.1, 0.15) is 23.5 Å². The van der Waals surface area contributed by atoms with Gasteiger partial charge in [-0.2, -0.15) is 0 Å². The molecule has 0 heterocycles. The van der Waals surface area contributed by atoms with Crippen molar-refractivity contribution >= 4 is 0 Å². The van der Waals surface area contributed by atoms with Gasteiger partial charge in [-0.25, -0.2) is 0 Å². The standard InChI is InChI=1S/C16H17N/c17-16(11-13-7-3-1-4-8-13)12-15(16)14-9-5-2-6-10-14/h1-10,15H,11-12,17H2/t15-,16-/m0/s1. The van der Waals surface area contributed by atoms with Crippen LogP contribution in [0.5, 0.6) is 0 Å².